The van der Waals surface area contributed by atoms with E-state index in [0.717, 1.165) is 16.3 Å². The van der Waals surface area contributed by atoms with Crippen molar-refractivity contribution in [3.05, 3.63) is 45.9 Å². The molecule has 6 nitrogen and oxygen atoms in total. The number of anilines is 2. The highest BCUT2D eigenvalue weighted by molar-refractivity contribution is 9.10. The number of carbonyl (C=O) groups excluding carboxylic acids is 1. The van der Waals surface area contributed by atoms with Crippen LogP contribution in [0, 0.1) is 11.3 Å². The summed E-state index contributed by atoms with van der Waals surface area (Å²) in [6, 6.07) is 9.49. The van der Waals surface area contributed by atoms with Gasteiger partial charge in [-0.05, 0) is 40.2 Å². The van der Waals surface area contributed by atoms with Crippen LogP contribution in [0.4, 0.5) is 11.4 Å². The number of hydrogen-bond donors (Lipinski definition) is 1. The van der Waals surface area contributed by atoms with E-state index in [1.54, 1.807) is 24.4 Å². The number of thiazole rings is 1. The Balaban J connectivity index is 1.84. The smallest absolute Gasteiger partial charge is 0.153 e. The van der Waals surface area contributed by atoms with E-state index in [9.17, 15) is 10.1 Å². The van der Waals surface area contributed by atoms with Crippen LogP contribution in [0.5, 0.6) is 0 Å². The van der Waals surface area contributed by atoms with Gasteiger partial charge in [-0.3, -0.25) is 4.79 Å². The molecule has 1 aliphatic heterocycles. The second-order valence-electron chi connectivity index (χ2n) is 6.19. The van der Waals surface area contributed by atoms with Crippen molar-refractivity contribution in [1.82, 2.24) is 9.97 Å². The molecule has 134 valence electrons. The molecule has 2 aromatic heterocycles. The highest BCUT2D eigenvalue weighted by Gasteiger charge is 2.21. The maximum Gasteiger partial charge on any atom is 0.153 e. The van der Waals surface area contributed by atoms with E-state index in [-0.39, 0.29) is 5.78 Å². The van der Waals surface area contributed by atoms with Gasteiger partial charge >= 0.3 is 0 Å². The molecular weight excluding hydrogens is 426 g/mol. The standard InChI is InChI=1S/C19H14BrN5OS/c20-17-15(22)8-16(24-18(17)19-23-2-4-27-19)12-5-11(9-21)6-13(7-12)25-3-1-14(26)10-25/h2,4-8H,1,3,10H2,(H2,22,24). The molecule has 0 saturated carbocycles. The van der Waals surface area contributed by atoms with Gasteiger partial charge in [0.25, 0.3) is 0 Å². The fourth-order valence-corrected chi connectivity index (χ4v) is 4.19. The summed E-state index contributed by atoms with van der Waals surface area (Å²) in [4.78, 5) is 22.7. The van der Waals surface area contributed by atoms with E-state index >= 15 is 0 Å². The lowest BCUT2D eigenvalue weighted by Crippen LogP contribution is -2.19. The summed E-state index contributed by atoms with van der Waals surface area (Å²) in [5, 5.41) is 12.1. The van der Waals surface area contributed by atoms with Crippen LogP contribution in [0.25, 0.3) is 22.0 Å². The van der Waals surface area contributed by atoms with Gasteiger partial charge in [-0.2, -0.15) is 5.26 Å². The van der Waals surface area contributed by atoms with Crippen molar-refractivity contribution in [2.75, 3.05) is 23.7 Å². The van der Waals surface area contributed by atoms with Gasteiger partial charge in [-0.25, -0.2) is 9.97 Å². The van der Waals surface area contributed by atoms with E-state index in [0.29, 0.717) is 46.6 Å². The van der Waals surface area contributed by atoms with Crippen LogP contribution in [0.3, 0.4) is 0 Å². The van der Waals surface area contributed by atoms with Crippen molar-refractivity contribution in [2.45, 2.75) is 6.42 Å². The molecule has 1 fully saturated rings. The second kappa shape index (κ2) is 7.10. The van der Waals surface area contributed by atoms with Gasteiger partial charge in [0.05, 0.1) is 34.0 Å². The summed E-state index contributed by atoms with van der Waals surface area (Å²) in [5.41, 5.74) is 10.2. The van der Waals surface area contributed by atoms with E-state index in [4.69, 9.17) is 10.7 Å². The maximum absolute atomic E-state index is 11.6. The summed E-state index contributed by atoms with van der Waals surface area (Å²) in [5.74, 6) is 0.205. The summed E-state index contributed by atoms with van der Waals surface area (Å²) in [6.45, 7) is 1.03. The SMILES string of the molecule is N#Cc1cc(-c2cc(N)c(Br)c(-c3nccs3)n2)cc(N2CCC(=O)C2)c1. The molecule has 1 aliphatic rings. The number of nitriles is 1. The van der Waals surface area contributed by atoms with Crippen LogP contribution in [-0.2, 0) is 4.79 Å². The number of hydrogen-bond acceptors (Lipinski definition) is 7. The summed E-state index contributed by atoms with van der Waals surface area (Å²) >= 11 is 4.97. The molecule has 4 rings (SSSR count). The Morgan fingerprint density at radius 3 is 2.81 bits per heavy atom. The van der Waals surface area contributed by atoms with Gasteiger partial charge in [0.1, 0.15) is 10.7 Å². The Labute approximate surface area is 168 Å². The normalized spacial score (nSPS) is 13.8. The van der Waals surface area contributed by atoms with Gasteiger partial charge in [-0.15, -0.1) is 11.3 Å². The molecule has 27 heavy (non-hydrogen) atoms. The molecule has 0 radical (unpaired) electrons. The first-order valence-electron chi connectivity index (χ1n) is 8.23. The number of nitrogens with two attached hydrogens (primary N) is 1. The molecule has 0 unspecified atom stereocenters. The van der Waals surface area contributed by atoms with Crippen molar-refractivity contribution in [1.29, 1.82) is 5.26 Å². The van der Waals surface area contributed by atoms with Crippen LogP contribution in [0.1, 0.15) is 12.0 Å². The maximum atomic E-state index is 11.6. The Bertz CT molecular complexity index is 1070. The number of nitrogens with zero attached hydrogens (tertiary/aromatic N) is 4. The zero-order valence-corrected chi connectivity index (χ0v) is 16.5. The van der Waals surface area contributed by atoms with E-state index in [1.807, 2.05) is 16.3 Å². The quantitative estimate of drug-likeness (QED) is 0.665. The van der Waals surface area contributed by atoms with Gasteiger partial charge in [-0.1, -0.05) is 0 Å². The number of Topliss-reactive ketones (excluding diaryl/α,β-unsaturated/α-hetero) is 1. The van der Waals surface area contributed by atoms with Crippen molar-refractivity contribution in [3.63, 3.8) is 0 Å². The Morgan fingerprint density at radius 2 is 2.15 bits per heavy atom. The lowest BCUT2D eigenvalue weighted by Gasteiger charge is -2.18. The first-order valence-corrected chi connectivity index (χ1v) is 9.90. The van der Waals surface area contributed by atoms with Crippen molar-refractivity contribution in [3.8, 4) is 28.0 Å². The number of benzene rings is 1. The third-order valence-corrected chi connectivity index (χ3v) is 5.97. The first-order chi connectivity index (χ1) is 13.0. The Hall–Kier alpha value is -2.76. The number of halogens is 1. The number of aromatic nitrogens is 2. The molecule has 1 aromatic carbocycles. The van der Waals surface area contributed by atoms with E-state index < -0.39 is 0 Å². The average molecular weight is 440 g/mol. The van der Waals surface area contributed by atoms with Crippen LogP contribution in [-0.4, -0.2) is 28.8 Å². The highest BCUT2D eigenvalue weighted by atomic mass is 79.9. The third kappa shape index (κ3) is 3.44. The fraction of sp³-hybridized carbons (Fsp3) is 0.158. The first kappa shape index (κ1) is 17.6. The molecule has 3 heterocycles. The topological polar surface area (TPSA) is 95.9 Å². The van der Waals surface area contributed by atoms with Crippen molar-refractivity contribution in [2.24, 2.45) is 0 Å². The fourth-order valence-electron chi connectivity index (χ4n) is 3.04. The number of nitrogen functional groups attached to an aromatic ring is 1. The van der Waals surface area contributed by atoms with Gasteiger partial charge in [0.2, 0.25) is 0 Å². The summed E-state index contributed by atoms with van der Waals surface area (Å²) in [7, 11) is 0. The highest BCUT2D eigenvalue weighted by Crippen LogP contribution is 2.36. The number of rotatable bonds is 3. The minimum Gasteiger partial charge on any atom is -0.398 e. The molecule has 2 N–H and O–H groups in total. The van der Waals surface area contributed by atoms with Gasteiger partial charge in [0.15, 0.2) is 5.78 Å². The van der Waals surface area contributed by atoms with E-state index in [2.05, 4.69) is 27.0 Å². The molecule has 3 aromatic rings. The molecule has 0 bridgehead atoms. The third-order valence-electron chi connectivity index (χ3n) is 4.36. The molecular formula is C19H14BrN5OS. The minimum absolute atomic E-state index is 0.205. The molecule has 8 heteroatoms. The number of ketones is 1. The largest absolute Gasteiger partial charge is 0.398 e. The molecule has 0 aliphatic carbocycles. The summed E-state index contributed by atoms with van der Waals surface area (Å²) in [6.07, 6.45) is 2.25. The molecule has 1 saturated heterocycles. The van der Waals surface area contributed by atoms with Crippen molar-refractivity contribution >= 4 is 44.4 Å². The van der Waals surface area contributed by atoms with E-state index in [1.165, 1.54) is 11.3 Å². The van der Waals surface area contributed by atoms with Crippen LogP contribution in [0.2, 0.25) is 0 Å². The van der Waals surface area contributed by atoms with Crippen LogP contribution in [0.15, 0.2) is 40.3 Å². The summed E-state index contributed by atoms with van der Waals surface area (Å²) < 4.78 is 0.697. The van der Waals surface area contributed by atoms with Crippen LogP contribution < -0.4 is 10.6 Å². The lowest BCUT2D eigenvalue weighted by atomic mass is 10.1. The second-order valence-corrected chi connectivity index (χ2v) is 7.87. The lowest BCUT2D eigenvalue weighted by molar-refractivity contribution is -0.116. The Morgan fingerprint density at radius 1 is 1.30 bits per heavy atom. The molecule has 0 atom stereocenters. The zero-order valence-electron chi connectivity index (χ0n) is 14.1. The van der Waals surface area contributed by atoms with Gasteiger partial charge < -0.3 is 10.6 Å². The average Bonchev–Trinajstić information content (AvgIpc) is 3.35. The Kier molecular flexibility index (Phi) is 4.64. The number of carbonyl (C=O) groups is 1. The zero-order chi connectivity index (χ0) is 19.0. The monoisotopic (exact) mass is 439 g/mol. The minimum atomic E-state index is 0.205. The number of pyridine rings is 1. The van der Waals surface area contributed by atoms with Crippen LogP contribution >= 0.6 is 27.3 Å². The predicted molar refractivity (Wildman–Crippen MR) is 109 cm³/mol. The molecule has 0 amide bonds. The molecule has 0 spiro atoms. The van der Waals surface area contributed by atoms with Gasteiger partial charge in [0, 0.05) is 35.8 Å². The predicted octanol–water partition coefficient (Wildman–Crippen LogP) is 3.87. The van der Waals surface area contributed by atoms with Crippen molar-refractivity contribution < 1.29 is 4.79 Å².